The minimum atomic E-state index is 0. The van der Waals surface area contributed by atoms with Crippen molar-refractivity contribution in [2.24, 2.45) is 0 Å². The second-order valence-corrected chi connectivity index (χ2v) is 8.78. The van der Waals surface area contributed by atoms with E-state index in [2.05, 4.69) is 33.3 Å². The van der Waals surface area contributed by atoms with E-state index in [1.807, 2.05) is 30.3 Å². The monoisotopic (exact) mass is 298 g/mol. The molecule has 1 aromatic rings. The Labute approximate surface area is 113 Å². The Morgan fingerprint density at radius 1 is 0.938 bits per heavy atom. The van der Waals surface area contributed by atoms with Gasteiger partial charge in [-0.25, -0.2) is 12.1 Å². The van der Waals surface area contributed by atoms with Gasteiger partial charge in [0.15, 0.2) is 0 Å². The summed E-state index contributed by atoms with van der Waals surface area (Å²) < 4.78 is 7.50. The summed E-state index contributed by atoms with van der Waals surface area (Å²) in [4.78, 5) is 0. The molecule has 1 radical (unpaired) electrons. The molecule has 0 fully saturated rings. The first kappa shape index (κ1) is 21.7. The van der Waals surface area contributed by atoms with E-state index in [4.69, 9.17) is 4.65 Å². The summed E-state index contributed by atoms with van der Waals surface area (Å²) in [7, 11) is 0.766. The zero-order valence-corrected chi connectivity index (χ0v) is 13.5. The van der Waals surface area contributed by atoms with Crippen molar-refractivity contribution in [3.63, 3.8) is 0 Å². The molecule has 0 heterocycles. The molecule has 0 N–H and O–H groups in total. The van der Waals surface area contributed by atoms with Crippen molar-refractivity contribution in [2.45, 2.75) is 0 Å². The molecule has 1 nitrogen and oxygen atoms in total. The smallest absolute Gasteiger partial charge is 0 e. The van der Waals surface area contributed by atoms with Crippen molar-refractivity contribution < 1.29 is 21.7 Å². The molecular formula is C12H21MnOP2-. The van der Waals surface area contributed by atoms with Crippen LogP contribution in [0, 0.1) is 6.65 Å². The van der Waals surface area contributed by atoms with Crippen molar-refractivity contribution in [1.82, 2.24) is 0 Å². The zero-order valence-electron chi connectivity index (χ0n) is 10.5. The topological polar surface area (TPSA) is 19.9 Å². The van der Waals surface area contributed by atoms with Gasteiger partial charge in [0.25, 0.3) is 0 Å². The van der Waals surface area contributed by atoms with E-state index in [0.29, 0.717) is 15.8 Å². The summed E-state index contributed by atoms with van der Waals surface area (Å²) in [6, 6.07) is 10.0. The van der Waals surface area contributed by atoms with Gasteiger partial charge in [0.05, 0.1) is 0 Å². The molecule has 0 spiro atoms. The fraction of sp³-hybridized carbons (Fsp3) is 0.500. The van der Waals surface area contributed by atoms with Crippen LogP contribution >= 0.6 is 15.8 Å². The molecule has 16 heavy (non-hydrogen) atoms. The van der Waals surface area contributed by atoms with Crippen LogP contribution in [0.4, 0.5) is 0 Å². The first-order valence-corrected chi connectivity index (χ1v) is 9.63. The predicted octanol–water partition coefficient (Wildman–Crippen LogP) is 3.83. The van der Waals surface area contributed by atoms with E-state index < -0.39 is 0 Å². The molecule has 0 unspecified atom stereocenters. The van der Waals surface area contributed by atoms with Crippen LogP contribution < -0.4 is 0 Å². The van der Waals surface area contributed by atoms with Gasteiger partial charge in [0.1, 0.15) is 0 Å². The summed E-state index contributed by atoms with van der Waals surface area (Å²) >= 11 is 0. The molecule has 4 heteroatoms. The fourth-order valence-electron chi connectivity index (χ4n) is 0.721. The molecular weight excluding hydrogens is 277 g/mol. The first-order chi connectivity index (χ1) is 7.13. The maximum atomic E-state index is 7.50. The molecule has 0 saturated carbocycles. The Bertz CT molecular complexity index is 183. The van der Waals surface area contributed by atoms with Crippen LogP contribution in [0.25, 0.3) is 0 Å². The summed E-state index contributed by atoms with van der Waals surface area (Å²) in [5.74, 6) is 0. The first-order valence-electron chi connectivity index (χ1n) is 4.79. The second-order valence-electron chi connectivity index (χ2n) is 3.57. The quantitative estimate of drug-likeness (QED) is 0.350. The second kappa shape index (κ2) is 17.9. The molecule has 0 aromatic heterocycles. The van der Waals surface area contributed by atoms with Gasteiger partial charge in [-0.15, -0.1) is 15.8 Å². The Kier molecular flexibility index (Phi) is 24.2. The standard InChI is InChI=1S/C6H16P2.C5H5.CO.Mn/c1-7(2)5-6-8(3)4;1-2-4-5-3-1;1-2;/h5-6H2,1-4H3;1-5H;;/q;-1;;. The van der Waals surface area contributed by atoms with Gasteiger partial charge in [-0.3, -0.25) is 0 Å². The van der Waals surface area contributed by atoms with Gasteiger partial charge in [-0.05, 0) is 39.0 Å². The summed E-state index contributed by atoms with van der Waals surface area (Å²) in [6.45, 7) is 13.9. The number of hydrogen-bond acceptors (Lipinski definition) is 0. The van der Waals surface area contributed by atoms with Crippen molar-refractivity contribution >= 4 is 15.8 Å². The van der Waals surface area contributed by atoms with E-state index in [1.54, 1.807) is 0 Å². The maximum absolute atomic E-state index is 7.50. The molecule has 0 saturated heterocycles. The average Bonchev–Trinajstić information content (AvgIpc) is 2.76. The average molecular weight is 298 g/mol. The van der Waals surface area contributed by atoms with Crippen LogP contribution in [0.15, 0.2) is 30.3 Å². The molecule has 1 rings (SSSR count). The van der Waals surface area contributed by atoms with Crippen molar-refractivity contribution in [1.29, 1.82) is 0 Å². The fourth-order valence-corrected chi connectivity index (χ4v) is 3.92. The van der Waals surface area contributed by atoms with Gasteiger partial charge < -0.3 is 0 Å². The molecule has 0 aliphatic rings. The Morgan fingerprint density at radius 2 is 1.25 bits per heavy atom. The van der Waals surface area contributed by atoms with Crippen molar-refractivity contribution in [3.05, 3.63) is 37.0 Å². The molecule has 0 amide bonds. The third kappa shape index (κ3) is 23.9. The molecule has 1 aromatic carbocycles. The van der Waals surface area contributed by atoms with Crippen LogP contribution in [-0.4, -0.2) is 39.0 Å². The van der Waals surface area contributed by atoms with Crippen LogP contribution in [0.1, 0.15) is 0 Å². The zero-order chi connectivity index (χ0) is 12.1. The summed E-state index contributed by atoms with van der Waals surface area (Å²) in [5.41, 5.74) is 0. The van der Waals surface area contributed by atoms with E-state index >= 15 is 0 Å². The van der Waals surface area contributed by atoms with Crippen molar-refractivity contribution in [2.75, 3.05) is 39.0 Å². The van der Waals surface area contributed by atoms with E-state index in [0.717, 1.165) is 0 Å². The maximum Gasteiger partial charge on any atom is 0 e. The third-order valence-corrected chi connectivity index (χ3v) is 4.14. The number of rotatable bonds is 3. The Balaban J connectivity index is -0.000000182. The van der Waals surface area contributed by atoms with E-state index in [-0.39, 0.29) is 17.1 Å². The van der Waals surface area contributed by atoms with Gasteiger partial charge in [0, 0.05) is 17.1 Å². The van der Waals surface area contributed by atoms with Crippen LogP contribution in [0.5, 0.6) is 0 Å². The minimum Gasteiger partial charge on any atom is -0.214 e. The van der Waals surface area contributed by atoms with Crippen LogP contribution in [-0.2, 0) is 21.7 Å². The SMILES string of the molecule is CP(C)CCP(C)C.[C-]#[O+].[Mn].c1cc[cH-]c1. The summed E-state index contributed by atoms with van der Waals surface area (Å²) in [5, 5.41) is 0. The molecule has 93 valence electrons. The normalized spacial score (nSPS) is 8.25. The Morgan fingerprint density at radius 3 is 1.38 bits per heavy atom. The minimum absolute atomic E-state index is 0. The molecule has 0 aliphatic heterocycles. The van der Waals surface area contributed by atoms with Crippen LogP contribution in [0.3, 0.4) is 0 Å². The molecule has 0 atom stereocenters. The van der Waals surface area contributed by atoms with Gasteiger partial charge >= 0.3 is 11.3 Å². The summed E-state index contributed by atoms with van der Waals surface area (Å²) in [6.07, 6.45) is 2.96. The van der Waals surface area contributed by atoms with Crippen LogP contribution in [0.2, 0.25) is 0 Å². The number of hydrogen-bond donors (Lipinski definition) is 0. The Hall–Kier alpha value is 0.469. The molecule has 0 bridgehead atoms. The van der Waals surface area contributed by atoms with Gasteiger partial charge in [0.2, 0.25) is 0 Å². The van der Waals surface area contributed by atoms with E-state index in [1.165, 1.54) is 12.3 Å². The van der Waals surface area contributed by atoms with Crippen molar-refractivity contribution in [3.8, 4) is 0 Å². The predicted molar refractivity (Wildman–Crippen MR) is 73.2 cm³/mol. The van der Waals surface area contributed by atoms with Gasteiger partial charge in [-0.1, -0.05) is 0 Å². The van der Waals surface area contributed by atoms with E-state index in [9.17, 15) is 0 Å². The van der Waals surface area contributed by atoms with Gasteiger partial charge in [-0.2, -0.15) is 18.2 Å². The largest absolute Gasteiger partial charge is 0.214 e. The third-order valence-electron chi connectivity index (χ3n) is 1.55. The molecule has 0 aliphatic carbocycles.